The van der Waals surface area contributed by atoms with E-state index in [9.17, 15) is 9.59 Å². The molecule has 4 aromatic carbocycles. The first-order valence-electron chi connectivity index (χ1n) is 12.7. The van der Waals surface area contributed by atoms with E-state index in [0.717, 1.165) is 17.7 Å². The number of fused-ring (bicyclic) bond motifs is 1. The highest BCUT2D eigenvalue weighted by Gasteiger charge is 2.16. The van der Waals surface area contributed by atoms with Gasteiger partial charge in [0.15, 0.2) is 0 Å². The van der Waals surface area contributed by atoms with Crippen LogP contribution in [0.2, 0.25) is 0 Å². The van der Waals surface area contributed by atoms with Gasteiger partial charge in [-0.05, 0) is 53.8 Å². The Morgan fingerprint density at radius 3 is 2.18 bits per heavy atom. The van der Waals surface area contributed by atoms with Crippen molar-refractivity contribution in [2.24, 2.45) is 7.05 Å². The summed E-state index contributed by atoms with van der Waals surface area (Å²) in [5.41, 5.74) is 4.17. The number of ether oxygens (including phenoxy) is 1. The van der Waals surface area contributed by atoms with Gasteiger partial charge in [0.25, 0.3) is 11.5 Å². The Hall–Kier alpha value is -4.55. The van der Waals surface area contributed by atoms with E-state index < -0.39 is 0 Å². The molecule has 6 rings (SSSR count). The van der Waals surface area contributed by atoms with Crippen LogP contribution in [0.3, 0.4) is 0 Å². The third-order valence-electron chi connectivity index (χ3n) is 6.55. The summed E-state index contributed by atoms with van der Waals surface area (Å²) in [6.45, 7) is 0.930. The minimum atomic E-state index is -0.309. The van der Waals surface area contributed by atoms with Crippen LogP contribution in [-0.4, -0.2) is 22.1 Å². The molecule has 6 heteroatoms. The Morgan fingerprint density at radius 1 is 0.868 bits per heavy atom. The van der Waals surface area contributed by atoms with E-state index in [1.807, 2.05) is 54.6 Å². The number of anilines is 1. The first kappa shape index (κ1) is 25.1. The maximum Gasteiger partial charge on any atom is 0.262 e. The molecule has 0 saturated carbocycles. The van der Waals surface area contributed by atoms with Crippen LogP contribution in [0, 0.1) is 0 Å². The van der Waals surface area contributed by atoms with E-state index in [1.165, 1.54) is 23.0 Å². The molecular formula is C32H29N3O3. The van der Waals surface area contributed by atoms with Crippen molar-refractivity contribution in [2.75, 3.05) is 11.9 Å². The number of hydrogen-bond donors (Lipinski definition) is 1. The second-order valence-electron chi connectivity index (χ2n) is 9.13. The zero-order valence-corrected chi connectivity index (χ0v) is 21.2. The second kappa shape index (κ2) is 11.7. The maximum absolute atomic E-state index is 12.7. The highest BCUT2D eigenvalue weighted by molar-refractivity contribution is 6.03. The van der Waals surface area contributed by atoms with Crippen molar-refractivity contribution in [1.29, 1.82) is 0 Å². The molecule has 1 aliphatic heterocycles. The van der Waals surface area contributed by atoms with Gasteiger partial charge in [0, 0.05) is 19.2 Å². The highest BCUT2D eigenvalue weighted by Crippen LogP contribution is 2.27. The Balaban J connectivity index is 0.000000222. The molecule has 6 nitrogen and oxygen atoms in total. The number of carbonyl (C=O) groups excluding carboxylic acids is 1. The van der Waals surface area contributed by atoms with Crippen molar-refractivity contribution < 1.29 is 9.53 Å². The number of benzene rings is 4. The largest absolute Gasteiger partial charge is 0.374 e. The minimum absolute atomic E-state index is 0.206. The van der Waals surface area contributed by atoms with Gasteiger partial charge >= 0.3 is 0 Å². The van der Waals surface area contributed by atoms with Gasteiger partial charge in [0.1, 0.15) is 0 Å². The van der Waals surface area contributed by atoms with Crippen LogP contribution in [0.4, 0.5) is 5.95 Å². The monoisotopic (exact) mass is 503 g/mol. The Morgan fingerprint density at radius 2 is 1.53 bits per heavy atom. The fraction of sp³-hybridized carbons (Fsp3) is 0.156. The molecule has 1 amide bonds. The summed E-state index contributed by atoms with van der Waals surface area (Å²) in [7, 11) is 1.60. The molecule has 1 atom stereocenters. The van der Waals surface area contributed by atoms with Gasteiger partial charge in [-0.15, -0.1) is 0 Å². The van der Waals surface area contributed by atoms with Crippen molar-refractivity contribution in [1.82, 2.24) is 9.55 Å². The molecule has 1 fully saturated rings. The lowest BCUT2D eigenvalue weighted by Gasteiger charge is -2.11. The quantitative estimate of drug-likeness (QED) is 0.308. The standard InChI is InChI=1S/C22H17N3O2.C10H12O/c1-25-21(27)18-13-12-17(15-8-4-2-5-9-15)14-19(18)23-22(25)24-20(26)16-10-6-3-7-11-16;1-2-5-9(6-3-1)10-7-4-8-11-10/h2-14H,1H3,(H,23,24,26);1-3,5-6,10H,4,7-8H2/t;10-/m.0/s1. The van der Waals surface area contributed by atoms with Gasteiger partial charge in [0.2, 0.25) is 5.95 Å². The summed E-state index contributed by atoms with van der Waals surface area (Å²) in [5.74, 6) is -0.0942. The molecule has 0 unspecified atom stereocenters. The summed E-state index contributed by atoms with van der Waals surface area (Å²) in [4.78, 5) is 29.6. The average molecular weight is 504 g/mol. The topological polar surface area (TPSA) is 73.2 Å². The second-order valence-corrected chi connectivity index (χ2v) is 9.13. The summed E-state index contributed by atoms with van der Waals surface area (Å²) in [6, 6.07) is 34.7. The SMILES string of the molecule is Cn1c(NC(=O)c2ccccc2)nc2cc(-c3ccccc3)ccc2c1=O.c1ccc([C@@H]2CCCO2)cc1. The van der Waals surface area contributed by atoms with Crippen molar-refractivity contribution in [3.8, 4) is 11.1 Å². The molecule has 0 aliphatic carbocycles. The van der Waals surface area contributed by atoms with Crippen LogP contribution in [0.1, 0.15) is 34.9 Å². The number of aromatic nitrogens is 2. The predicted molar refractivity (Wildman–Crippen MR) is 151 cm³/mol. The van der Waals surface area contributed by atoms with E-state index in [2.05, 4.69) is 34.6 Å². The molecule has 1 saturated heterocycles. The normalized spacial score (nSPS) is 14.5. The van der Waals surface area contributed by atoms with E-state index >= 15 is 0 Å². The number of nitrogens with zero attached hydrogens (tertiary/aromatic N) is 2. The lowest BCUT2D eigenvalue weighted by atomic mass is 10.0. The predicted octanol–water partition coefficient (Wildman–Crippen LogP) is 6.39. The van der Waals surface area contributed by atoms with Crippen molar-refractivity contribution in [3.05, 3.63) is 131 Å². The number of amides is 1. The molecule has 5 aromatic rings. The molecule has 1 aliphatic rings. The van der Waals surface area contributed by atoms with Crippen LogP contribution in [-0.2, 0) is 11.8 Å². The molecule has 1 aromatic heterocycles. The molecule has 0 bridgehead atoms. The van der Waals surface area contributed by atoms with Gasteiger partial charge < -0.3 is 4.74 Å². The van der Waals surface area contributed by atoms with Gasteiger partial charge in [-0.25, -0.2) is 4.98 Å². The van der Waals surface area contributed by atoms with Crippen molar-refractivity contribution in [3.63, 3.8) is 0 Å². The van der Waals surface area contributed by atoms with E-state index in [1.54, 1.807) is 37.4 Å². The molecule has 1 N–H and O–H groups in total. The van der Waals surface area contributed by atoms with Gasteiger partial charge in [0.05, 0.1) is 17.0 Å². The van der Waals surface area contributed by atoms with Crippen molar-refractivity contribution in [2.45, 2.75) is 18.9 Å². The average Bonchev–Trinajstić information content (AvgIpc) is 3.53. The van der Waals surface area contributed by atoms with E-state index in [4.69, 9.17) is 4.74 Å². The molecule has 2 heterocycles. The maximum atomic E-state index is 12.7. The summed E-state index contributed by atoms with van der Waals surface area (Å²) < 4.78 is 6.89. The fourth-order valence-corrected chi connectivity index (χ4v) is 4.46. The molecular weight excluding hydrogens is 474 g/mol. The van der Waals surface area contributed by atoms with Crippen LogP contribution in [0.15, 0.2) is 114 Å². The minimum Gasteiger partial charge on any atom is -0.374 e. The molecule has 0 radical (unpaired) electrons. The summed E-state index contributed by atoms with van der Waals surface area (Å²) in [6.07, 6.45) is 2.76. The number of rotatable bonds is 4. The van der Waals surface area contributed by atoms with Gasteiger partial charge in [-0.2, -0.15) is 0 Å². The van der Waals surface area contributed by atoms with Crippen LogP contribution in [0.25, 0.3) is 22.0 Å². The smallest absolute Gasteiger partial charge is 0.262 e. The lowest BCUT2D eigenvalue weighted by molar-refractivity contribution is 0.102. The fourth-order valence-electron chi connectivity index (χ4n) is 4.46. The summed E-state index contributed by atoms with van der Waals surface area (Å²) >= 11 is 0. The molecule has 190 valence electrons. The Labute approximate surface area is 221 Å². The third-order valence-corrected chi connectivity index (χ3v) is 6.55. The lowest BCUT2D eigenvalue weighted by Crippen LogP contribution is -2.25. The van der Waals surface area contributed by atoms with Crippen molar-refractivity contribution >= 4 is 22.8 Å². The first-order valence-corrected chi connectivity index (χ1v) is 12.7. The zero-order chi connectivity index (χ0) is 26.3. The Bertz CT molecular complexity index is 1580. The zero-order valence-electron chi connectivity index (χ0n) is 21.2. The number of nitrogens with one attached hydrogen (secondary N) is 1. The molecule has 0 spiro atoms. The van der Waals surface area contributed by atoms with Crippen LogP contribution >= 0.6 is 0 Å². The van der Waals surface area contributed by atoms with E-state index in [-0.39, 0.29) is 17.4 Å². The highest BCUT2D eigenvalue weighted by atomic mass is 16.5. The van der Waals surface area contributed by atoms with E-state index in [0.29, 0.717) is 22.6 Å². The van der Waals surface area contributed by atoms with Gasteiger partial charge in [-0.3, -0.25) is 19.5 Å². The number of hydrogen-bond acceptors (Lipinski definition) is 4. The van der Waals surface area contributed by atoms with Gasteiger partial charge in [-0.1, -0.05) is 84.9 Å². The third kappa shape index (κ3) is 5.71. The summed E-state index contributed by atoms with van der Waals surface area (Å²) in [5, 5.41) is 3.24. The Kier molecular flexibility index (Phi) is 7.71. The molecule has 38 heavy (non-hydrogen) atoms. The van der Waals surface area contributed by atoms with Crippen LogP contribution < -0.4 is 10.9 Å². The van der Waals surface area contributed by atoms with Crippen LogP contribution in [0.5, 0.6) is 0 Å². The first-order chi connectivity index (χ1) is 18.6. The number of carbonyl (C=O) groups is 1.